The number of ether oxygens (including phenoxy) is 2. The largest absolute Gasteiger partial charge is 0.493 e. The summed E-state index contributed by atoms with van der Waals surface area (Å²) in [7, 11) is 0. The van der Waals surface area contributed by atoms with Gasteiger partial charge in [-0.2, -0.15) is 0 Å². The summed E-state index contributed by atoms with van der Waals surface area (Å²) in [6, 6.07) is 12.9. The van der Waals surface area contributed by atoms with Crippen LogP contribution >= 0.6 is 11.8 Å². The SMILES string of the molecule is CC(C)C(=O)OC(C)c1ccc(CCOc2ccc(CC3CSCN3)cc2)nc1. The van der Waals surface area contributed by atoms with E-state index in [4.69, 9.17) is 9.47 Å². The van der Waals surface area contributed by atoms with E-state index in [-0.39, 0.29) is 18.0 Å². The highest BCUT2D eigenvalue weighted by molar-refractivity contribution is 7.99. The molecule has 2 heterocycles. The molecule has 1 saturated heterocycles. The lowest BCUT2D eigenvalue weighted by atomic mass is 10.1. The molecule has 0 bridgehead atoms. The molecule has 2 atom stereocenters. The van der Waals surface area contributed by atoms with Gasteiger partial charge in [0.15, 0.2) is 0 Å². The Hall–Kier alpha value is -2.05. The summed E-state index contributed by atoms with van der Waals surface area (Å²) < 4.78 is 11.3. The van der Waals surface area contributed by atoms with E-state index < -0.39 is 0 Å². The van der Waals surface area contributed by atoms with Crippen LogP contribution in [0, 0.1) is 5.92 Å². The summed E-state index contributed by atoms with van der Waals surface area (Å²) in [5.74, 6) is 2.80. The molecule has 6 heteroatoms. The van der Waals surface area contributed by atoms with Gasteiger partial charge in [-0.05, 0) is 37.1 Å². The van der Waals surface area contributed by atoms with Gasteiger partial charge >= 0.3 is 5.97 Å². The molecule has 3 rings (SSSR count). The number of hydrogen-bond donors (Lipinski definition) is 1. The molecular formula is C23H30N2O3S. The summed E-state index contributed by atoms with van der Waals surface area (Å²) in [4.78, 5) is 16.2. The molecule has 0 spiro atoms. The van der Waals surface area contributed by atoms with Crippen LogP contribution in [0.1, 0.15) is 43.7 Å². The second-order valence-corrected chi connectivity index (χ2v) is 8.71. The Bertz CT molecular complexity index is 772. The summed E-state index contributed by atoms with van der Waals surface area (Å²) >= 11 is 1.96. The zero-order valence-electron chi connectivity index (χ0n) is 17.4. The minimum Gasteiger partial charge on any atom is -0.493 e. The van der Waals surface area contributed by atoms with Crippen molar-refractivity contribution in [2.24, 2.45) is 5.92 Å². The van der Waals surface area contributed by atoms with Crippen molar-refractivity contribution in [3.8, 4) is 5.75 Å². The second-order valence-electron chi connectivity index (χ2n) is 7.68. The Balaban J connectivity index is 1.42. The molecule has 1 N–H and O–H groups in total. The lowest BCUT2D eigenvalue weighted by molar-refractivity contribution is -0.152. The second kappa shape index (κ2) is 10.6. The molecule has 5 nitrogen and oxygen atoms in total. The number of carbonyl (C=O) groups excluding carboxylic acids is 1. The van der Waals surface area contributed by atoms with Crippen molar-refractivity contribution in [1.29, 1.82) is 0 Å². The number of thioether (sulfide) groups is 1. The number of nitrogens with one attached hydrogen (secondary N) is 1. The maximum Gasteiger partial charge on any atom is 0.308 e. The first-order valence-corrected chi connectivity index (χ1v) is 11.3. The van der Waals surface area contributed by atoms with E-state index in [0.717, 1.165) is 35.7 Å². The van der Waals surface area contributed by atoms with Gasteiger partial charge in [-0.25, -0.2) is 0 Å². The van der Waals surface area contributed by atoms with E-state index in [2.05, 4.69) is 22.4 Å². The maximum absolute atomic E-state index is 11.7. The number of aromatic nitrogens is 1. The highest BCUT2D eigenvalue weighted by Crippen LogP contribution is 2.19. The van der Waals surface area contributed by atoms with E-state index in [1.165, 1.54) is 11.3 Å². The van der Waals surface area contributed by atoms with Gasteiger partial charge in [0.05, 0.1) is 12.5 Å². The van der Waals surface area contributed by atoms with E-state index in [9.17, 15) is 4.79 Å². The van der Waals surface area contributed by atoms with E-state index in [1.54, 1.807) is 6.20 Å². The predicted molar refractivity (Wildman–Crippen MR) is 117 cm³/mol. The van der Waals surface area contributed by atoms with Crippen molar-refractivity contribution in [2.75, 3.05) is 18.2 Å². The molecule has 2 aromatic rings. The molecule has 0 radical (unpaired) electrons. The first-order valence-electron chi connectivity index (χ1n) is 10.2. The molecule has 156 valence electrons. The van der Waals surface area contributed by atoms with Crippen molar-refractivity contribution < 1.29 is 14.3 Å². The van der Waals surface area contributed by atoms with Gasteiger partial charge in [-0.1, -0.05) is 32.0 Å². The molecule has 29 heavy (non-hydrogen) atoms. The van der Waals surface area contributed by atoms with Crippen molar-refractivity contribution in [3.63, 3.8) is 0 Å². The van der Waals surface area contributed by atoms with Crippen LogP contribution in [0.4, 0.5) is 0 Å². The smallest absolute Gasteiger partial charge is 0.308 e. The van der Waals surface area contributed by atoms with Gasteiger partial charge in [-0.15, -0.1) is 11.8 Å². The first kappa shape index (κ1) is 21.7. The molecule has 1 aromatic heterocycles. The minimum absolute atomic E-state index is 0.130. The topological polar surface area (TPSA) is 60.5 Å². The third kappa shape index (κ3) is 6.75. The fraction of sp³-hybridized carbons (Fsp3) is 0.478. The monoisotopic (exact) mass is 414 g/mol. The Morgan fingerprint density at radius 2 is 2.00 bits per heavy atom. The third-order valence-corrected chi connectivity index (χ3v) is 5.92. The zero-order valence-corrected chi connectivity index (χ0v) is 18.2. The standard InChI is InChI=1S/C23H30N2O3S/c1-16(2)23(26)28-17(3)19-6-7-20(24-13-19)10-11-27-22-8-4-18(5-9-22)12-21-14-29-15-25-21/h4-9,13,16-17,21,25H,10-12,14-15H2,1-3H3. The molecule has 1 aliphatic rings. The summed E-state index contributed by atoms with van der Waals surface area (Å²) in [5.41, 5.74) is 3.19. The number of pyridine rings is 1. The van der Waals surface area contributed by atoms with Gasteiger partial charge < -0.3 is 14.8 Å². The lowest BCUT2D eigenvalue weighted by Crippen LogP contribution is -2.25. The molecule has 0 aliphatic carbocycles. The van der Waals surface area contributed by atoms with Gasteiger partial charge in [0.1, 0.15) is 11.9 Å². The maximum atomic E-state index is 11.7. The molecule has 1 aromatic carbocycles. The van der Waals surface area contributed by atoms with Crippen LogP contribution in [0.2, 0.25) is 0 Å². The van der Waals surface area contributed by atoms with Crippen molar-refractivity contribution in [2.45, 2.75) is 45.8 Å². The van der Waals surface area contributed by atoms with Gasteiger partial charge in [0, 0.05) is 41.5 Å². The minimum atomic E-state index is -0.292. The molecule has 1 aliphatic heterocycles. The van der Waals surface area contributed by atoms with Gasteiger partial charge in [0.2, 0.25) is 0 Å². The Morgan fingerprint density at radius 3 is 2.62 bits per heavy atom. The van der Waals surface area contributed by atoms with E-state index in [1.807, 2.05) is 56.8 Å². The normalized spacial score (nSPS) is 17.3. The van der Waals surface area contributed by atoms with Gasteiger partial charge in [0.25, 0.3) is 0 Å². The molecule has 0 amide bonds. The van der Waals surface area contributed by atoms with Crippen molar-refractivity contribution in [1.82, 2.24) is 10.3 Å². The number of nitrogens with zero attached hydrogens (tertiary/aromatic N) is 1. The zero-order chi connectivity index (χ0) is 20.6. The Morgan fingerprint density at radius 1 is 1.21 bits per heavy atom. The van der Waals surface area contributed by atoms with E-state index >= 15 is 0 Å². The quantitative estimate of drug-likeness (QED) is 0.622. The van der Waals surface area contributed by atoms with Crippen LogP contribution in [0.25, 0.3) is 0 Å². The van der Waals surface area contributed by atoms with Crippen LogP contribution in [-0.2, 0) is 22.4 Å². The Kier molecular flexibility index (Phi) is 7.95. The number of carbonyl (C=O) groups is 1. The fourth-order valence-electron chi connectivity index (χ4n) is 3.05. The average Bonchev–Trinajstić information content (AvgIpc) is 3.22. The highest BCUT2D eigenvalue weighted by Gasteiger charge is 2.15. The highest BCUT2D eigenvalue weighted by atomic mass is 32.2. The first-order chi connectivity index (χ1) is 14.0. The summed E-state index contributed by atoms with van der Waals surface area (Å²) in [6.07, 6.45) is 3.27. The molecule has 0 saturated carbocycles. The van der Waals surface area contributed by atoms with Crippen LogP contribution in [-0.4, -0.2) is 35.2 Å². The summed E-state index contributed by atoms with van der Waals surface area (Å²) in [5, 5.41) is 3.50. The average molecular weight is 415 g/mol. The molecular weight excluding hydrogens is 384 g/mol. The fourth-order valence-corrected chi connectivity index (χ4v) is 4.04. The Labute approximate surface area is 177 Å². The number of benzene rings is 1. The molecule has 2 unspecified atom stereocenters. The van der Waals surface area contributed by atoms with Crippen LogP contribution in [0.5, 0.6) is 5.75 Å². The number of esters is 1. The van der Waals surface area contributed by atoms with Crippen LogP contribution in [0.3, 0.4) is 0 Å². The number of hydrogen-bond acceptors (Lipinski definition) is 6. The third-order valence-electron chi connectivity index (χ3n) is 4.91. The van der Waals surface area contributed by atoms with Crippen molar-refractivity contribution >= 4 is 17.7 Å². The lowest BCUT2D eigenvalue weighted by Gasteiger charge is -2.15. The predicted octanol–water partition coefficient (Wildman–Crippen LogP) is 4.17. The number of rotatable bonds is 9. The van der Waals surface area contributed by atoms with Crippen molar-refractivity contribution in [3.05, 3.63) is 59.4 Å². The molecule has 1 fully saturated rings. The summed E-state index contributed by atoms with van der Waals surface area (Å²) in [6.45, 7) is 6.10. The van der Waals surface area contributed by atoms with Crippen LogP contribution < -0.4 is 10.1 Å². The van der Waals surface area contributed by atoms with Crippen LogP contribution in [0.15, 0.2) is 42.6 Å². The van der Waals surface area contributed by atoms with Gasteiger partial charge in [-0.3, -0.25) is 9.78 Å². The van der Waals surface area contributed by atoms with E-state index in [0.29, 0.717) is 12.6 Å².